The van der Waals surface area contributed by atoms with Crippen molar-refractivity contribution in [2.24, 2.45) is 0 Å². The third kappa shape index (κ3) is 3.07. The van der Waals surface area contributed by atoms with Crippen LogP contribution < -0.4 is 21.4 Å². The van der Waals surface area contributed by atoms with Crippen molar-refractivity contribution < 1.29 is 5.11 Å². The first-order chi connectivity index (χ1) is 11.5. The number of anilines is 1. The van der Waals surface area contributed by atoms with Gasteiger partial charge in [-0.3, -0.25) is 9.89 Å². The molecule has 3 aromatic rings. The number of H-pyrrole nitrogens is 1. The molecule has 0 aliphatic carbocycles. The van der Waals surface area contributed by atoms with E-state index in [-0.39, 0.29) is 11.3 Å². The Bertz CT molecular complexity index is 1050. The lowest BCUT2D eigenvalue weighted by Crippen LogP contribution is -2.34. The Balaban J connectivity index is 2.01. The van der Waals surface area contributed by atoms with Crippen LogP contribution in [0.2, 0.25) is 5.02 Å². The lowest BCUT2D eigenvalue weighted by molar-refractivity contribution is 0.475. The lowest BCUT2D eigenvalue weighted by atomic mass is 10.2. The summed E-state index contributed by atoms with van der Waals surface area (Å²) in [4.78, 5) is 12.6. The maximum absolute atomic E-state index is 12.6. The minimum Gasteiger partial charge on any atom is -0.508 e. The van der Waals surface area contributed by atoms with E-state index in [1.54, 1.807) is 48.7 Å². The second kappa shape index (κ2) is 6.29. The Morgan fingerprint density at radius 2 is 1.96 bits per heavy atom. The molecule has 0 unspecified atom stereocenters. The number of nitrogens with zero attached hydrogens (tertiary/aromatic N) is 1. The summed E-state index contributed by atoms with van der Waals surface area (Å²) in [6.07, 6.45) is 1.60. The summed E-state index contributed by atoms with van der Waals surface area (Å²) in [6, 6.07) is 11.9. The van der Waals surface area contributed by atoms with Crippen LogP contribution in [0.5, 0.6) is 5.75 Å². The second-order valence-electron chi connectivity index (χ2n) is 5.41. The van der Waals surface area contributed by atoms with Gasteiger partial charge in [-0.25, -0.2) is 4.68 Å². The van der Waals surface area contributed by atoms with E-state index in [0.717, 1.165) is 11.3 Å². The minimum atomic E-state index is -0.216. The van der Waals surface area contributed by atoms with Crippen molar-refractivity contribution in [3.8, 4) is 11.4 Å². The summed E-state index contributed by atoms with van der Waals surface area (Å²) in [7, 11) is 0. The molecule has 0 radical (unpaired) electrons. The van der Waals surface area contributed by atoms with Gasteiger partial charge in [-0.05, 0) is 55.0 Å². The number of hydrogen-bond donors (Lipinski definition) is 3. The van der Waals surface area contributed by atoms with Crippen LogP contribution in [0.3, 0.4) is 0 Å². The first-order valence-electron chi connectivity index (χ1n) is 7.28. The SMILES string of the molecule is C=c1[nH]n(-c2ccc(Cl)cc2)c(=O)/c1=C\Nc1ccc(O)cc1C. The number of nitrogens with one attached hydrogen (secondary N) is 2. The highest BCUT2D eigenvalue weighted by atomic mass is 35.5. The fourth-order valence-corrected chi connectivity index (χ4v) is 2.50. The van der Waals surface area contributed by atoms with Crippen molar-refractivity contribution >= 4 is 30.1 Å². The molecular formula is C18H16ClN3O2. The molecule has 0 spiro atoms. The zero-order valence-electron chi connectivity index (χ0n) is 13.0. The highest BCUT2D eigenvalue weighted by molar-refractivity contribution is 6.30. The fraction of sp³-hybridized carbons (Fsp3) is 0.0556. The monoisotopic (exact) mass is 341 g/mol. The molecule has 3 N–H and O–H groups in total. The molecule has 0 atom stereocenters. The summed E-state index contributed by atoms with van der Waals surface area (Å²) in [5.74, 6) is 0.197. The maximum atomic E-state index is 12.6. The van der Waals surface area contributed by atoms with Gasteiger partial charge in [0.25, 0.3) is 5.56 Å². The number of aromatic hydroxyl groups is 1. The zero-order chi connectivity index (χ0) is 17.3. The Hall–Kier alpha value is -2.92. The van der Waals surface area contributed by atoms with E-state index in [4.69, 9.17) is 11.6 Å². The van der Waals surface area contributed by atoms with Crippen LogP contribution in [-0.4, -0.2) is 14.9 Å². The van der Waals surface area contributed by atoms with Gasteiger partial charge in [-0.1, -0.05) is 18.2 Å². The standard InChI is InChI=1S/C18H16ClN3O2/c1-11-9-15(23)7-8-17(11)20-10-16-12(2)21-22(18(16)24)14-5-3-13(19)4-6-14/h3-10,20-21,23H,2H2,1H3/b16-10-. The van der Waals surface area contributed by atoms with Gasteiger partial charge in [-0.15, -0.1) is 0 Å². The Morgan fingerprint density at radius 1 is 1.25 bits per heavy atom. The van der Waals surface area contributed by atoms with Crippen LogP contribution >= 0.6 is 11.6 Å². The van der Waals surface area contributed by atoms with Gasteiger partial charge in [0.1, 0.15) is 5.75 Å². The first kappa shape index (κ1) is 16.0. The predicted octanol–water partition coefficient (Wildman–Crippen LogP) is 2.09. The summed E-state index contributed by atoms with van der Waals surface area (Å²) in [6.45, 7) is 5.75. The molecule has 6 heteroatoms. The lowest BCUT2D eigenvalue weighted by Gasteiger charge is -2.04. The van der Waals surface area contributed by atoms with E-state index in [0.29, 0.717) is 21.3 Å². The molecule has 0 fully saturated rings. The minimum absolute atomic E-state index is 0.197. The molecular weight excluding hydrogens is 326 g/mol. The van der Waals surface area contributed by atoms with E-state index in [9.17, 15) is 9.90 Å². The number of phenolic OH excluding ortho intramolecular Hbond substituents is 1. The van der Waals surface area contributed by atoms with Crippen LogP contribution in [0.15, 0.2) is 47.3 Å². The average molecular weight is 342 g/mol. The predicted molar refractivity (Wildman–Crippen MR) is 97.1 cm³/mol. The van der Waals surface area contributed by atoms with Crippen LogP contribution in [0.4, 0.5) is 5.69 Å². The van der Waals surface area contributed by atoms with Crippen LogP contribution in [0.1, 0.15) is 5.56 Å². The van der Waals surface area contributed by atoms with E-state index in [1.165, 1.54) is 4.68 Å². The molecule has 0 saturated carbocycles. The molecule has 0 saturated heterocycles. The first-order valence-corrected chi connectivity index (χ1v) is 7.66. The number of hydrogen-bond acceptors (Lipinski definition) is 3. The quantitative estimate of drug-likeness (QED) is 0.639. The molecule has 5 nitrogen and oxygen atoms in total. The molecule has 2 aromatic carbocycles. The summed E-state index contributed by atoms with van der Waals surface area (Å²) < 4.78 is 1.41. The molecule has 0 amide bonds. The highest BCUT2D eigenvalue weighted by Gasteiger charge is 2.05. The molecule has 24 heavy (non-hydrogen) atoms. The van der Waals surface area contributed by atoms with E-state index < -0.39 is 0 Å². The Labute approximate surface area is 143 Å². The van der Waals surface area contributed by atoms with Gasteiger partial charge < -0.3 is 10.4 Å². The van der Waals surface area contributed by atoms with Gasteiger partial charge in [0.15, 0.2) is 0 Å². The molecule has 1 aromatic heterocycles. The van der Waals surface area contributed by atoms with Gasteiger partial charge in [0.05, 0.1) is 16.3 Å². The van der Waals surface area contributed by atoms with Crippen molar-refractivity contribution in [1.29, 1.82) is 0 Å². The molecule has 3 rings (SSSR count). The number of halogens is 1. The largest absolute Gasteiger partial charge is 0.508 e. The molecule has 1 heterocycles. The molecule has 0 aliphatic heterocycles. The summed E-state index contributed by atoms with van der Waals surface area (Å²) >= 11 is 5.87. The van der Waals surface area contributed by atoms with Crippen molar-refractivity contribution in [1.82, 2.24) is 9.78 Å². The number of benzene rings is 2. The van der Waals surface area contributed by atoms with E-state index in [2.05, 4.69) is 17.0 Å². The van der Waals surface area contributed by atoms with Crippen molar-refractivity contribution in [2.75, 3.05) is 5.32 Å². The number of aromatic amines is 1. The third-order valence-electron chi connectivity index (χ3n) is 3.67. The number of aromatic nitrogens is 2. The third-order valence-corrected chi connectivity index (χ3v) is 3.92. The maximum Gasteiger partial charge on any atom is 0.280 e. The summed E-state index contributed by atoms with van der Waals surface area (Å²) in [5, 5.41) is 17.0. The Morgan fingerprint density at radius 3 is 2.62 bits per heavy atom. The average Bonchev–Trinajstić information content (AvgIpc) is 2.82. The van der Waals surface area contributed by atoms with Crippen molar-refractivity contribution in [2.45, 2.75) is 6.92 Å². The number of aryl methyl sites for hydroxylation is 1. The smallest absolute Gasteiger partial charge is 0.280 e. The second-order valence-corrected chi connectivity index (χ2v) is 5.85. The normalized spacial score (nSPS) is 11.7. The molecule has 0 bridgehead atoms. The van der Waals surface area contributed by atoms with E-state index in [1.807, 2.05) is 6.92 Å². The number of rotatable bonds is 3. The van der Waals surface area contributed by atoms with Crippen LogP contribution in [0.25, 0.3) is 18.5 Å². The van der Waals surface area contributed by atoms with Gasteiger partial charge in [0, 0.05) is 16.9 Å². The molecule has 0 aliphatic rings. The van der Waals surface area contributed by atoms with Crippen molar-refractivity contribution in [3.63, 3.8) is 0 Å². The number of phenols is 1. The van der Waals surface area contributed by atoms with Gasteiger partial charge in [0.2, 0.25) is 0 Å². The van der Waals surface area contributed by atoms with Gasteiger partial charge >= 0.3 is 0 Å². The van der Waals surface area contributed by atoms with Gasteiger partial charge in [-0.2, -0.15) is 0 Å². The summed E-state index contributed by atoms with van der Waals surface area (Å²) in [5.41, 5.74) is 2.12. The van der Waals surface area contributed by atoms with Crippen LogP contribution in [-0.2, 0) is 0 Å². The van der Waals surface area contributed by atoms with Crippen molar-refractivity contribution in [3.05, 3.63) is 74.0 Å². The highest BCUT2D eigenvalue weighted by Crippen LogP contribution is 2.19. The fourth-order valence-electron chi connectivity index (χ4n) is 2.38. The van der Waals surface area contributed by atoms with Crippen LogP contribution in [0, 0.1) is 6.92 Å². The zero-order valence-corrected chi connectivity index (χ0v) is 13.8. The molecule has 122 valence electrons. The Kier molecular flexibility index (Phi) is 4.18. The van der Waals surface area contributed by atoms with E-state index >= 15 is 0 Å². The topological polar surface area (TPSA) is 70.0 Å².